The molecule has 38 nitrogen and oxygen atoms in total. The van der Waals surface area contributed by atoms with Crippen molar-refractivity contribution in [2.75, 3.05) is 59.9 Å². The monoisotopic (exact) mass is 1840 g/mol. The summed E-state index contributed by atoms with van der Waals surface area (Å²) in [5.74, 6) is 1.16. The molecular weight excluding hydrogens is 1760 g/mol. The summed E-state index contributed by atoms with van der Waals surface area (Å²) < 4.78 is 98.4. The van der Waals surface area contributed by atoms with Crippen LogP contribution in [0.3, 0.4) is 0 Å². The van der Waals surface area contributed by atoms with Crippen LogP contribution in [0.5, 0.6) is 0 Å². The normalized spacial score (nSPS) is 15.1. The highest BCUT2D eigenvalue weighted by Gasteiger charge is 2.33. The van der Waals surface area contributed by atoms with Crippen LogP contribution in [0.15, 0.2) is 138 Å². The van der Waals surface area contributed by atoms with Crippen LogP contribution in [0.2, 0.25) is 0 Å². The van der Waals surface area contributed by atoms with Gasteiger partial charge in [0.1, 0.15) is 0 Å². The van der Waals surface area contributed by atoms with Crippen LogP contribution in [-0.4, -0.2) is 193 Å². The zero-order valence-electron chi connectivity index (χ0n) is 66.8. The molecule has 0 bridgehead atoms. The number of aromatic nitrogens is 6. The van der Waals surface area contributed by atoms with E-state index in [1.807, 2.05) is 36.4 Å². The number of aromatic amines is 6. The van der Waals surface area contributed by atoms with Gasteiger partial charge in [-0.1, -0.05) is 72.8 Å². The van der Waals surface area contributed by atoms with Crippen molar-refractivity contribution in [3.05, 3.63) is 271 Å². The van der Waals surface area contributed by atoms with Gasteiger partial charge in [0.2, 0.25) is 0 Å². The number of ether oxygens (including phenoxy) is 6. The second kappa shape index (κ2) is 43.1. The van der Waals surface area contributed by atoms with Gasteiger partial charge < -0.3 is 58.3 Å². The Morgan fingerprint density at radius 3 is 0.936 bits per heavy atom. The number of esters is 6. The Morgan fingerprint density at radius 1 is 0.304 bits per heavy atom. The number of hydrogen-bond acceptors (Lipinski definition) is 34. The van der Waals surface area contributed by atoms with Crippen LogP contribution in [0, 0.1) is 0 Å². The number of para-hydroxylation sites is 6. The van der Waals surface area contributed by atoms with Gasteiger partial charge in [-0.3, -0.25) is 79.2 Å². The third-order valence-electron chi connectivity index (χ3n) is 20.5. The molecule has 662 valence electrons. The molecule has 0 saturated heterocycles. The topological polar surface area (TPSA) is 619 Å². The number of nitrogens with one attached hydrogen (secondary N) is 6. The van der Waals surface area contributed by atoms with Gasteiger partial charge >= 0.3 is 35.8 Å². The van der Waals surface area contributed by atoms with Crippen LogP contribution in [0.1, 0.15) is 129 Å². The van der Waals surface area contributed by atoms with Crippen molar-refractivity contribution in [1.82, 2.24) is 29.9 Å². The second-order valence-corrected chi connectivity index (χ2v) is 36.6. The number of rotatable bonds is 6. The van der Waals surface area contributed by atoms with E-state index in [1.54, 1.807) is 90.3 Å². The molecule has 12 aromatic rings. The first-order valence-corrected chi connectivity index (χ1v) is 45.5. The predicted molar refractivity (Wildman–Crippen MR) is 465 cm³/mol. The van der Waals surface area contributed by atoms with E-state index in [1.165, 1.54) is 48.7 Å². The van der Waals surface area contributed by atoms with Gasteiger partial charge in [0.05, 0.1) is 149 Å². The number of methoxy groups -OCH3 is 6. The first-order valence-electron chi connectivity index (χ1n) is 36.6. The fourth-order valence-electron chi connectivity index (χ4n) is 15.0. The average Bonchev–Trinajstić information content (AvgIpc) is 1.34. The van der Waals surface area contributed by atoms with E-state index in [0.717, 1.165) is 84.4 Å². The van der Waals surface area contributed by atoms with Gasteiger partial charge in [-0.15, -0.1) is 0 Å². The number of hydrogen-bond donors (Lipinski definition) is 14. The molecule has 0 amide bonds. The number of carbonyl (C=O) groups excluding carboxylic acids is 6. The fourth-order valence-corrected chi connectivity index (χ4v) is 22.7. The molecule has 2 unspecified atom stereocenters. The SMILES string of the molecule is COC(=O)c1cccc2c3c(c(=O)[nH]c12)CS(=O)(=O)C3.COC(=O)c1cccc2c3c(c(=O)[nH]c12)CS(=O)(=O)CC3.COC(=O)c1cccc2c3c(c(=O)[nH]c12)CS(=O)C3.COC(=O)c1cccc2c3c(c(=O)[nH]c12)CS(=O)CC3.COC(=O)c1cccc2c3c(c(=O)[nH]c12)CSC3.COC(=O)c1cccc2c3c(c(=O)[nH]c12)CSCC3.OO.OO.OO.OO. The molecule has 12 heterocycles. The molecule has 6 aliphatic heterocycles. The van der Waals surface area contributed by atoms with E-state index >= 15 is 0 Å². The lowest BCUT2D eigenvalue weighted by molar-refractivity contribution is -0.176. The molecule has 2 atom stereocenters. The number of aryl methyl sites for hydroxylation is 3. The number of sulfone groups is 2. The number of carbonyl (C=O) groups is 6. The quantitative estimate of drug-likeness (QED) is 0.0325. The summed E-state index contributed by atoms with van der Waals surface area (Å²) in [5.41, 5.74) is 11.5. The lowest BCUT2D eigenvalue weighted by atomic mass is 9.99. The summed E-state index contributed by atoms with van der Waals surface area (Å²) in [6.07, 6.45) is 1.74. The van der Waals surface area contributed by atoms with Crippen LogP contribution in [0.4, 0.5) is 0 Å². The molecule has 44 heteroatoms. The van der Waals surface area contributed by atoms with Crippen molar-refractivity contribution >= 4 is 166 Å². The van der Waals surface area contributed by atoms with Crippen LogP contribution in [-0.2, 0) is 141 Å². The third-order valence-corrected chi connectivity index (χ3v) is 28.0. The summed E-state index contributed by atoms with van der Waals surface area (Å²) in [7, 11) is -0.755. The van der Waals surface area contributed by atoms with Crippen molar-refractivity contribution in [1.29, 1.82) is 0 Å². The van der Waals surface area contributed by atoms with Gasteiger partial charge in [-0.05, 0) is 94.8 Å². The Labute approximate surface area is 718 Å². The lowest BCUT2D eigenvalue weighted by Gasteiger charge is -2.18. The largest absolute Gasteiger partial charge is 0.465 e. The minimum Gasteiger partial charge on any atom is -0.465 e. The van der Waals surface area contributed by atoms with E-state index in [9.17, 15) is 82.8 Å². The Morgan fingerprint density at radius 2 is 0.560 bits per heavy atom. The zero-order chi connectivity index (χ0) is 91.6. The lowest BCUT2D eigenvalue weighted by Crippen LogP contribution is -2.27. The molecule has 18 rings (SSSR count). The first kappa shape index (κ1) is 96.8. The summed E-state index contributed by atoms with van der Waals surface area (Å²) in [6.45, 7) is 0. The maximum atomic E-state index is 12.2. The molecule has 0 aliphatic carbocycles. The second-order valence-electron chi connectivity index (χ2n) is 27.2. The van der Waals surface area contributed by atoms with Crippen molar-refractivity contribution in [3.63, 3.8) is 0 Å². The van der Waals surface area contributed by atoms with Crippen LogP contribution in [0.25, 0.3) is 65.4 Å². The van der Waals surface area contributed by atoms with Crippen molar-refractivity contribution in [3.8, 4) is 0 Å². The molecule has 6 aromatic carbocycles. The van der Waals surface area contributed by atoms with E-state index in [4.69, 9.17) is 65.7 Å². The molecule has 0 radical (unpaired) electrons. The van der Waals surface area contributed by atoms with E-state index < -0.39 is 88.2 Å². The maximum absolute atomic E-state index is 12.2. The zero-order valence-corrected chi connectivity index (χ0v) is 71.7. The van der Waals surface area contributed by atoms with Gasteiger partial charge in [0.25, 0.3) is 33.4 Å². The Kier molecular flexibility index (Phi) is 33.3. The number of H-pyrrole nitrogens is 6. The Hall–Kier alpha value is -12.0. The van der Waals surface area contributed by atoms with Crippen molar-refractivity contribution < 1.29 is 124 Å². The average molecular weight is 1840 g/mol. The molecule has 0 saturated carbocycles. The molecule has 0 fully saturated rings. The number of benzene rings is 6. The highest BCUT2D eigenvalue weighted by atomic mass is 32.2. The molecule has 0 spiro atoms. The smallest absolute Gasteiger partial charge is 0.339 e. The minimum absolute atomic E-state index is 0.0149. The summed E-state index contributed by atoms with van der Waals surface area (Å²) in [6, 6.07) is 31.2. The third kappa shape index (κ3) is 20.8. The standard InChI is InChI=1S/C14H13NO5S.C14H13NO4S.C14H13NO3S.C13H11NO5S.C13H11NO4S.C13H11NO3S.4H2O2/c1-20-14(17)10-4-2-3-9-8-5-6-21(18,19)7-11(8)13(16)15-12(9)10;1-19-14(17)10-4-2-3-9-8-5-6-20(18)7-11(8)13(16)15-12(9)10;1-18-14(17)10-4-2-3-9-8-5-6-19-7-11(8)13(16)15-12(9)10;1-19-13(16)8-4-2-3-7-9-5-20(17,18)6-10(9)12(15)14-11(7)8;1-18-13(16)8-4-2-3-7-9-5-19(17)6-10(9)12(15)14-11(7)8;1-17-13(16)8-4-2-3-7-9-5-18-6-10(9)12(15)14-11(7)8;4*1-2/h2-4H,5-7H2,1H3,(H,15,16);2-4H,5-7H2,1H3,(H,15,16);2-4H,5-7H2,1H3,(H,15,16);2-4H,5-6H2,1H3,(H,14,15);2-4H,5-6H2,1H3,(H,14,15);2-4H,5-6H2,1H3,(H,14,15);4*1-2H. The van der Waals surface area contributed by atoms with E-state index in [0.29, 0.717) is 106 Å². The summed E-state index contributed by atoms with van der Waals surface area (Å²) in [4.78, 5) is 159. The van der Waals surface area contributed by atoms with Crippen LogP contribution < -0.4 is 33.4 Å². The highest BCUT2D eigenvalue weighted by Crippen LogP contribution is 2.36. The molecule has 6 aromatic heterocycles. The predicted octanol–water partition coefficient (Wildman–Crippen LogP) is 7.96. The summed E-state index contributed by atoms with van der Waals surface area (Å²) in [5, 5.41) is 52.8. The Balaban J connectivity index is 0.000000167. The minimum atomic E-state index is -3.29. The van der Waals surface area contributed by atoms with Crippen molar-refractivity contribution in [2.45, 2.75) is 71.0 Å². The van der Waals surface area contributed by atoms with E-state index in [-0.39, 0.29) is 85.4 Å². The van der Waals surface area contributed by atoms with Crippen molar-refractivity contribution in [2.24, 2.45) is 0 Å². The number of fused-ring (bicyclic) bond motifs is 18. The van der Waals surface area contributed by atoms with Crippen LogP contribution >= 0.6 is 23.5 Å². The molecule has 125 heavy (non-hydrogen) atoms. The Bertz CT molecular complexity index is 6940. The van der Waals surface area contributed by atoms with Gasteiger partial charge in [0, 0.05) is 110 Å². The molecule has 14 N–H and O–H groups in total. The van der Waals surface area contributed by atoms with E-state index in [2.05, 4.69) is 34.6 Å². The molecule has 6 aliphatic rings. The fraction of sp³-hybridized carbons (Fsp3) is 0.259. The van der Waals surface area contributed by atoms with Gasteiger partial charge in [-0.25, -0.2) is 45.6 Å². The first-order chi connectivity index (χ1) is 60.0. The highest BCUT2D eigenvalue weighted by molar-refractivity contribution is 7.98. The number of pyridine rings is 6. The van der Waals surface area contributed by atoms with Gasteiger partial charge in [-0.2, -0.15) is 23.5 Å². The summed E-state index contributed by atoms with van der Waals surface area (Å²) >= 11 is 3.48. The van der Waals surface area contributed by atoms with Gasteiger partial charge in [0.15, 0.2) is 19.7 Å². The number of thioether (sulfide) groups is 2. The maximum Gasteiger partial charge on any atom is 0.339 e. The molecular formula is C81H80N6O32S6.